The van der Waals surface area contributed by atoms with Crippen LogP contribution in [-0.2, 0) is 6.42 Å². The predicted octanol–water partition coefficient (Wildman–Crippen LogP) is 3.19. The fourth-order valence-corrected chi connectivity index (χ4v) is 1.45. The van der Waals surface area contributed by atoms with Crippen LogP contribution < -0.4 is 0 Å². The van der Waals surface area contributed by atoms with Crippen molar-refractivity contribution in [3.63, 3.8) is 0 Å². The predicted molar refractivity (Wildman–Crippen MR) is 49.0 cm³/mol. The van der Waals surface area contributed by atoms with Crippen LogP contribution in [0.1, 0.15) is 18.9 Å². The first-order chi connectivity index (χ1) is 5.92. The number of aryl methyl sites for hydroxylation is 1. The van der Waals surface area contributed by atoms with Crippen LogP contribution >= 0.6 is 0 Å². The van der Waals surface area contributed by atoms with E-state index in [1.54, 1.807) is 6.26 Å². The maximum Gasteiger partial charge on any atom is 0.137 e. The Morgan fingerprint density at radius 3 is 3.17 bits per heavy atom. The molecule has 0 unspecified atom stereocenters. The second kappa shape index (κ2) is 3.02. The quantitative estimate of drug-likeness (QED) is 0.655. The molecule has 0 aliphatic heterocycles. The SMILES string of the molecule is CCCc1cc[c]c2ccoc12. The van der Waals surface area contributed by atoms with Gasteiger partial charge in [-0.3, -0.25) is 0 Å². The Morgan fingerprint density at radius 2 is 2.33 bits per heavy atom. The molecular formula is C11H11O. The Morgan fingerprint density at radius 1 is 1.42 bits per heavy atom. The van der Waals surface area contributed by atoms with E-state index in [0.717, 1.165) is 23.8 Å². The van der Waals surface area contributed by atoms with Crippen molar-refractivity contribution < 1.29 is 4.42 Å². The summed E-state index contributed by atoms with van der Waals surface area (Å²) in [5.74, 6) is 0. The summed E-state index contributed by atoms with van der Waals surface area (Å²) in [5, 5.41) is 1.08. The first-order valence-electron chi connectivity index (χ1n) is 4.28. The van der Waals surface area contributed by atoms with Crippen LogP contribution in [0.5, 0.6) is 0 Å². The zero-order valence-corrected chi connectivity index (χ0v) is 7.13. The standard InChI is InChI=1S/C11H11O/c1-2-4-9-5-3-6-10-7-8-12-11(9)10/h3,5,7-8H,2,4H2,1H3. The van der Waals surface area contributed by atoms with Gasteiger partial charge in [0.05, 0.1) is 6.26 Å². The highest BCUT2D eigenvalue weighted by Gasteiger charge is 2.01. The van der Waals surface area contributed by atoms with Gasteiger partial charge in [0, 0.05) is 5.39 Å². The summed E-state index contributed by atoms with van der Waals surface area (Å²) in [7, 11) is 0. The molecule has 1 nitrogen and oxygen atoms in total. The fraction of sp³-hybridized carbons (Fsp3) is 0.273. The molecule has 0 saturated heterocycles. The fourth-order valence-electron chi connectivity index (χ4n) is 1.45. The Labute approximate surface area is 72.0 Å². The molecule has 0 bridgehead atoms. The van der Waals surface area contributed by atoms with Crippen LogP contribution in [0.4, 0.5) is 0 Å². The van der Waals surface area contributed by atoms with Crippen molar-refractivity contribution in [1.29, 1.82) is 0 Å². The molecule has 12 heavy (non-hydrogen) atoms. The molecule has 0 amide bonds. The second-order valence-electron chi connectivity index (χ2n) is 2.92. The molecule has 1 heteroatoms. The third-order valence-electron chi connectivity index (χ3n) is 2.00. The molecule has 1 heterocycles. The van der Waals surface area contributed by atoms with E-state index >= 15 is 0 Å². The Balaban J connectivity index is 2.57. The zero-order valence-electron chi connectivity index (χ0n) is 7.13. The summed E-state index contributed by atoms with van der Waals surface area (Å²) >= 11 is 0. The first-order valence-corrected chi connectivity index (χ1v) is 4.28. The van der Waals surface area contributed by atoms with E-state index in [1.165, 1.54) is 5.56 Å². The lowest BCUT2D eigenvalue weighted by atomic mass is 10.1. The number of rotatable bonds is 2. The normalized spacial score (nSPS) is 10.8. The lowest BCUT2D eigenvalue weighted by Crippen LogP contribution is -1.82. The van der Waals surface area contributed by atoms with E-state index in [9.17, 15) is 0 Å². The van der Waals surface area contributed by atoms with Crippen LogP contribution in [0.2, 0.25) is 0 Å². The summed E-state index contributed by atoms with van der Waals surface area (Å²) in [5.41, 5.74) is 2.29. The van der Waals surface area contributed by atoms with Gasteiger partial charge in [0.1, 0.15) is 5.58 Å². The molecule has 0 atom stereocenters. The van der Waals surface area contributed by atoms with Gasteiger partial charge in [0.15, 0.2) is 0 Å². The van der Waals surface area contributed by atoms with Gasteiger partial charge in [0.2, 0.25) is 0 Å². The number of furan rings is 1. The number of hydrogen-bond acceptors (Lipinski definition) is 1. The Kier molecular flexibility index (Phi) is 1.86. The largest absolute Gasteiger partial charge is 0.464 e. The van der Waals surface area contributed by atoms with Gasteiger partial charge in [-0.25, -0.2) is 0 Å². The van der Waals surface area contributed by atoms with Crippen molar-refractivity contribution in [2.75, 3.05) is 0 Å². The molecule has 2 rings (SSSR count). The molecule has 0 N–H and O–H groups in total. The molecule has 1 radical (unpaired) electrons. The molecule has 2 aromatic rings. The number of hydrogen-bond donors (Lipinski definition) is 0. The third kappa shape index (κ3) is 1.11. The molecule has 61 valence electrons. The van der Waals surface area contributed by atoms with E-state index in [4.69, 9.17) is 4.42 Å². The van der Waals surface area contributed by atoms with Gasteiger partial charge in [-0.05, 0) is 24.1 Å². The van der Waals surface area contributed by atoms with Crippen LogP contribution in [0.25, 0.3) is 11.0 Å². The van der Waals surface area contributed by atoms with Crippen molar-refractivity contribution in [2.45, 2.75) is 19.8 Å². The summed E-state index contributed by atoms with van der Waals surface area (Å²) in [6.07, 6.45) is 3.96. The minimum Gasteiger partial charge on any atom is -0.464 e. The number of benzene rings is 1. The van der Waals surface area contributed by atoms with Crippen LogP contribution in [-0.4, -0.2) is 0 Å². The first kappa shape index (κ1) is 7.41. The average Bonchev–Trinajstić information content (AvgIpc) is 2.53. The third-order valence-corrected chi connectivity index (χ3v) is 2.00. The highest BCUT2D eigenvalue weighted by Crippen LogP contribution is 2.20. The van der Waals surface area contributed by atoms with Crippen molar-refractivity contribution in [3.8, 4) is 0 Å². The molecule has 0 fully saturated rings. The Hall–Kier alpha value is -1.24. The lowest BCUT2D eigenvalue weighted by Gasteiger charge is -1.97. The average molecular weight is 159 g/mol. The van der Waals surface area contributed by atoms with E-state index in [1.807, 2.05) is 12.1 Å². The summed E-state index contributed by atoms with van der Waals surface area (Å²) in [4.78, 5) is 0. The van der Waals surface area contributed by atoms with Gasteiger partial charge in [-0.1, -0.05) is 25.5 Å². The summed E-state index contributed by atoms with van der Waals surface area (Å²) in [6.45, 7) is 2.17. The van der Waals surface area contributed by atoms with Crippen molar-refractivity contribution in [1.82, 2.24) is 0 Å². The van der Waals surface area contributed by atoms with Gasteiger partial charge >= 0.3 is 0 Å². The second-order valence-corrected chi connectivity index (χ2v) is 2.92. The highest BCUT2D eigenvalue weighted by atomic mass is 16.3. The minimum absolute atomic E-state index is 0.999. The van der Waals surface area contributed by atoms with Crippen LogP contribution in [0.15, 0.2) is 28.9 Å². The molecular weight excluding hydrogens is 148 g/mol. The molecule has 0 spiro atoms. The lowest BCUT2D eigenvalue weighted by molar-refractivity contribution is 0.610. The monoisotopic (exact) mass is 159 g/mol. The van der Waals surface area contributed by atoms with E-state index in [-0.39, 0.29) is 0 Å². The zero-order chi connectivity index (χ0) is 8.39. The van der Waals surface area contributed by atoms with E-state index in [2.05, 4.69) is 19.1 Å². The van der Waals surface area contributed by atoms with Crippen LogP contribution in [0, 0.1) is 6.07 Å². The van der Waals surface area contributed by atoms with Crippen molar-refractivity contribution in [3.05, 3.63) is 36.1 Å². The van der Waals surface area contributed by atoms with Crippen LogP contribution in [0.3, 0.4) is 0 Å². The highest BCUT2D eigenvalue weighted by molar-refractivity contribution is 5.79. The van der Waals surface area contributed by atoms with Gasteiger partial charge in [0.25, 0.3) is 0 Å². The minimum atomic E-state index is 0.999. The topological polar surface area (TPSA) is 13.1 Å². The maximum atomic E-state index is 5.37. The Bertz CT molecular complexity index is 373. The van der Waals surface area contributed by atoms with Crippen molar-refractivity contribution in [2.24, 2.45) is 0 Å². The summed E-state index contributed by atoms with van der Waals surface area (Å²) in [6, 6.07) is 9.13. The molecule has 0 aliphatic rings. The number of fused-ring (bicyclic) bond motifs is 1. The molecule has 1 aromatic heterocycles. The summed E-state index contributed by atoms with van der Waals surface area (Å²) < 4.78 is 5.37. The molecule has 0 aliphatic carbocycles. The van der Waals surface area contributed by atoms with Gasteiger partial charge < -0.3 is 4.42 Å². The van der Waals surface area contributed by atoms with Gasteiger partial charge in [-0.15, -0.1) is 0 Å². The maximum absolute atomic E-state index is 5.37. The molecule has 0 saturated carbocycles. The van der Waals surface area contributed by atoms with E-state index < -0.39 is 0 Å². The van der Waals surface area contributed by atoms with Crippen molar-refractivity contribution >= 4 is 11.0 Å². The molecule has 1 aromatic carbocycles. The smallest absolute Gasteiger partial charge is 0.137 e. The van der Waals surface area contributed by atoms with E-state index in [0.29, 0.717) is 0 Å². The van der Waals surface area contributed by atoms with Gasteiger partial charge in [-0.2, -0.15) is 0 Å².